The minimum atomic E-state index is -0.423. The maximum atomic E-state index is 10.6. The number of nitro groups is 1. The van der Waals surface area contributed by atoms with E-state index in [-0.39, 0.29) is 5.69 Å². The minimum absolute atomic E-state index is 0.0620. The molecule has 0 aliphatic heterocycles. The predicted molar refractivity (Wildman–Crippen MR) is 84.0 cm³/mol. The predicted octanol–water partition coefficient (Wildman–Crippen LogP) is 4.42. The van der Waals surface area contributed by atoms with Gasteiger partial charge in [-0.15, -0.1) is 0 Å². The summed E-state index contributed by atoms with van der Waals surface area (Å²) in [6, 6.07) is 13.8. The van der Waals surface area contributed by atoms with E-state index in [9.17, 15) is 10.1 Å². The van der Waals surface area contributed by atoms with Gasteiger partial charge in [-0.2, -0.15) is 0 Å². The average Bonchev–Trinajstić information content (AvgIpc) is 3.03. The van der Waals surface area contributed by atoms with Crippen molar-refractivity contribution in [2.24, 2.45) is 0 Å². The SMILES string of the molecule is O=[N+]([O-])c1ccc(-c2ccc(/C=C/c3cccnc3)o2)cc1. The highest BCUT2D eigenvalue weighted by Gasteiger charge is 2.07. The Morgan fingerprint density at radius 3 is 2.55 bits per heavy atom. The lowest BCUT2D eigenvalue weighted by Gasteiger charge is -1.96. The summed E-state index contributed by atoms with van der Waals surface area (Å²) in [5.74, 6) is 1.37. The third-order valence-electron chi connectivity index (χ3n) is 3.11. The summed E-state index contributed by atoms with van der Waals surface area (Å²) in [5, 5.41) is 10.6. The summed E-state index contributed by atoms with van der Waals surface area (Å²) in [5.41, 5.74) is 1.84. The molecular weight excluding hydrogens is 280 g/mol. The molecular formula is C17H12N2O3. The highest BCUT2D eigenvalue weighted by atomic mass is 16.6. The summed E-state index contributed by atoms with van der Waals surface area (Å²) < 4.78 is 5.71. The van der Waals surface area contributed by atoms with Crippen molar-refractivity contribution in [1.29, 1.82) is 0 Å². The van der Waals surface area contributed by atoms with Crippen LogP contribution in [0.25, 0.3) is 23.5 Å². The number of nitrogens with zero attached hydrogens (tertiary/aromatic N) is 2. The molecule has 0 unspecified atom stereocenters. The van der Waals surface area contributed by atoms with Crippen LogP contribution < -0.4 is 0 Å². The first-order chi connectivity index (χ1) is 10.7. The van der Waals surface area contributed by atoms with Crippen molar-refractivity contribution in [3.05, 3.63) is 82.4 Å². The quantitative estimate of drug-likeness (QED) is 0.527. The summed E-state index contributed by atoms with van der Waals surface area (Å²) >= 11 is 0. The lowest BCUT2D eigenvalue weighted by atomic mass is 10.1. The van der Waals surface area contributed by atoms with E-state index >= 15 is 0 Å². The van der Waals surface area contributed by atoms with E-state index in [4.69, 9.17) is 4.42 Å². The lowest BCUT2D eigenvalue weighted by molar-refractivity contribution is -0.384. The summed E-state index contributed by atoms with van der Waals surface area (Å²) in [7, 11) is 0. The number of benzene rings is 1. The smallest absolute Gasteiger partial charge is 0.269 e. The summed E-state index contributed by atoms with van der Waals surface area (Å²) in [6.45, 7) is 0. The first-order valence-electron chi connectivity index (χ1n) is 6.65. The number of hydrogen-bond donors (Lipinski definition) is 0. The molecule has 0 aliphatic carbocycles. The minimum Gasteiger partial charge on any atom is -0.457 e. The number of hydrogen-bond acceptors (Lipinski definition) is 4. The second kappa shape index (κ2) is 6.05. The largest absolute Gasteiger partial charge is 0.457 e. The maximum absolute atomic E-state index is 10.6. The molecule has 0 amide bonds. The number of pyridine rings is 1. The second-order valence-corrected chi connectivity index (χ2v) is 4.63. The third-order valence-corrected chi connectivity index (χ3v) is 3.11. The van der Waals surface area contributed by atoms with E-state index in [1.807, 2.05) is 36.4 Å². The van der Waals surface area contributed by atoms with Crippen molar-refractivity contribution in [1.82, 2.24) is 4.98 Å². The van der Waals surface area contributed by atoms with Crippen molar-refractivity contribution in [3.8, 4) is 11.3 Å². The Hall–Kier alpha value is -3.21. The van der Waals surface area contributed by atoms with Crippen molar-refractivity contribution in [2.45, 2.75) is 0 Å². The molecule has 2 heterocycles. The van der Waals surface area contributed by atoms with Gasteiger partial charge in [-0.25, -0.2) is 0 Å². The maximum Gasteiger partial charge on any atom is 0.269 e. The fraction of sp³-hybridized carbons (Fsp3) is 0. The van der Waals surface area contributed by atoms with E-state index in [1.165, 1.54) is 12.1 Å². The number of non-ortho nitro benzene ring substituents is 1. The van der Waals surface area contributed by atoms with Crippen LogP contribution in [0.5, 0.6) is 0 Å². The van der Waals surface area contributed by atoms with Gasteiger partial charge >= 0.3 is 0 Å². The van der Waals surface area contributed by atoms with Crippen LogP contribution in [0.15, 0.2) is 65.3 Å². The standard InChI is InChI=1S/C17H12N2O3/c20-19(21)15-6-4-14(5-7-15)17-10-9-16(22-17)8-3-13-2-1-11-18-12-13/h1-12H/b8-3+. The van der Waals surface area contributed by atoms with Crippen LogP contribution in [0.4, 0.5) is 5.69 Å². The molecule has 1 aromatic carbocycles. The van der Waals surface area contributed by atoms with Crippen molar-refractivity contribution in [3.63, 3.8) is 0 Å². The van der Waals surface area contributed by atoms with Gasteiger partial charge in [0.05, 0.1) is 4.92 Å². The molecule has 0 aliphatic rings. The Labute approximate surface area is 126 Å². The molecule has 0 spiro atoms. The van der Waals surface area contributed by atoms with Gasteiger partial charge in [0.2, 0.25) is 0 Å². The molecule has 0 saturated heterocycles. The van der Waals surface area contributed by atoms with Gasteiger partial charge in [-0.1, -0.05) is 6.07 Å². The molecule has 3 rings (SSSR count). The first-order valence-corrected chi connectivity index (χ1v) is 6.65. The second-order valence-electron chi connectivity index (χ2n) is 4.63. The van der Waals surface area contributed by atoms with Gasteiger partial charge in [0.15, 0.2) is 0 Å². The topological polar surface area (TPSA) is 69.2 Å². The Morgan fingerprint density at radius 2 is 1.86 bits per heavy atom. The number of nitro benzene ring substituents is 1. The molecule has 5 heteroatoms. The van der Waals surface area contributed by atoms with Gasteiger partial charge in [0.1, 0.15) is 11.5 Å². The average molecular weight is 292 g/mol. The normalized spacial score (nSPS) is 10.9. The molecule has 2 aromatic heterocycles. The van der Waals surface area contributed by atoms with E-state index in [2.05, 4.69) is 4.98 Å². The third kappa shape index (κ3) is 3.09. The Bertz CT molecular complexity index is 805. The van der Waals surface area contributed by atoms with Crippen molar-refractivity contribution < 1.29 is 9.34 Å². The highest BCUT2D eigenvalue weighted by Crippen LogP contribution is 2.25. The molecule has 0 fully saturated rings. The zero-order valence-corrected chi connectivity index (χ0v) is 11.5. The molecule has 0 atom stereocenters. The summed E-state index contributed by atoms with van der Waals surface area (Å²) in [4.78, 5) is 14.3. The Morgan fingerprint density at radius 1 is 1.05 bits per heavy atom. The Kier molecular flexibility index (Phi) is 3.78. The van der Waals surface area contributed by atoms with Crippen LogP contribution in [0, 0.1) is 10.1 Å². The molecule has 0 bridgehead atoms. The fourth-order valence-corrected chi connectivity index (χ4v) is 2.00. The van der Waals surface area contributed by atoms with E-state index in [1.54, 1.807) is 24.5 Å². The van der Waals surface area contributed by atoms with Crippen LogP contribution in [-0.4, -0.2) is 9.91 Å². The van der Waals surface area contributed by atoms with Crippen LogP contribution in [-0.2, 0) is 0 Å². The lowest BCUT2D eigenvalue weighted by Crippen LogP contribution is -1.86. The van der Waals surface area contributed by atoms with Gasteiger partial charge in [-0.3, -0.25) is 15.1 Å². The van der Waals surface area contributed by atoms with Crippen LogP contribution in [0.2, 0.25) is 0 Å². The molecule has 108 valence electrons. The summed E-state index contributed by atoms with van der Waals surface area (Å²) in [6.07, 6.45) is 7.24. The van der Waals surface area contributed by atoms with Gasteiger partial charge in [0, 0.05) is 30.1 Å². The number of aromatic nitrogens is 1. The fourth-order valence-electron chi connectivity index (χ4n) is 2.00. The highest BCUT2D eigenvalue weighted by molar-refractivity contribution is 5.69. The van der Waals surface area contributed by atoms with Crippen molar-refractivity contribution >= 4 is 17.8 Å². The van der Waals surface area contributed by atoms with Crippen LogP contribution >= 0.6 is 0 Å². The van der Waals surface area contributed by atoms with Crippen LogP contribution in [0.3, 0.4) is 0 Å². The molecule has 0 radical (unpaired) electrons. The van der Waals surface area contributed by atoms with E-state index in [0.717, 1.165) is 11.1 Å². The van der Waals surface area contributed by atoms with Crippen molar-refractivity contribution in [2.75, 3.05) is 0 Å². The molecule has 5 nitrogen and oxygen atoms in total. The van der Waals surface area contributed by atoms with Gasteiger partial charge in [0.25, 0.3) is 5.69 Å². The molecule has 3 aromatic rings. The first kappa shape index (κ1) is 13.8. The van der Waals surface area contributed by atoms with E-state index in [0.29, 0.717) is 11.5 Å². The number of furan rings is 1. The van der Waals surface area contributed by atoms with Gasteiger partial charge in [-0.05, 0) is 48.0 Å². The molecule has 0 saturated carbocycles. The van der Waals surface area contributed by atoms with Gasteiger partial charge < -0.3 is 4.42 Å². The Balaban J connectivity index is 1.79. The number of rotatable bonds is 4. The zero-order valence-electron chi connectivity index (χ0n) is 11.5. The monoisotopic (exact) mass is 292 g/mol. The molecule has 22 heavy (non-hydrogen) atoms. The zero-order chi connectivity index (χ0) is 15.4. The van der Waals surface area contributed by atoms with Crippen LogP contribution in [0.1, 0.15) is 11.3 Å². The molecule has 0 N–H and O–H groups in total. The van der Waals surface area contributed by atoms with E-state index < -0.39 is 4.92 Å².